The summed E-state index contributed by atoms with van der Waals surface area (Å²) in [6.07, 6.45) is 2.97. The maximum atomic E-state index is 12.4. The molecule has 1 aromatic heterocycles. The Hall–Kier alpha value is -2.65. The Morgan fingerprint density at radius 1 is 1.42 bits per heavy atom. The van der Waals surface area contributed by atoms with Gasteiger partial charge in [0.2, 0.25) is 5.91 Å². The molecule has 10 nitrogen and oxygen atoms in total. The van der Waals surface area contributed by atoms with Crippen LogP contribution < -0.4 is 5.32 Å². The number of esters is 1. The third kappa shape index (κ3) is 4.43. The summed E-state index contributed by atoms with van der Waals surface area (Å²) in [6, 6.07) is -0.328. The molecule has 10 heteroatoms. The molecule has 1 atom stereocenters. The zero-order chi connectivity index (χ0) is 17.7. The largest absolute Gasteiger partial charge is 0.469 e. The SMILES string of the molecule is COC(=O)C1CCCN(C(=O)Cn2cc(NC(=O)N(C)C)nn2)C1. The smallest absolute Gasteiger partial charge is 0.322 e. The van der Waals surface area contributed by atoms with Gasteiger partial charge in [0, 0.05) is 27.2 Å². The first kappa shape index (κ1) is 17.7. The predicted molar refractivity (Wildman–Crippen MR) is 84.0 cm³/mol. The summed E-state index contributed by atoms with van der Waals surface area (Å²) in [5, 5.41) is 10.2. The van der Waals surface area contributed by atoms with E-state index >= 15 is 0 Å². The standard InChI is InChI=1S/C14H22N6O4/c1-18(2)14(23)15-11-8-20(17-16-11)9-12(21)19-6-4-5-10(7-19)13(22)24-3/h8,10H,4-7,9H2,1-3H3,(H,15,23). The number of carbonyl (C=O) groups excluding carboxylic acids is 3. The lowest BCUT2D eigenvalue weighted by molar-refractivity contribution is -0.149. The minimum absolute atomic E-state index is 0.00126. The van der Waals surface area contributed by atoms with E-state index in [4.69, 9.17) is 4.74 Å². The highest BCUT2D eigenvalue weighted by molar-refractivity contribution is 5.87. The predicted octanol–water partition coefficient (Wildman–Crippen LogP) is -0.217. The molecule has 1 aliphatic heterocycles. The van der Waals surface area contributed by atoms with Crippen LogP contribution in [0.25, 0.3) is 0 Å². The van der Waals surface area contributed by atoms with Crippen molar-refractivity contribution in [3.8, 4) is 0 Å². The summed E-state index contributed by atoms with van der Waals surface area (Å²) in [7, 11) is 4.57. The molecule has 1 aromatic rings. The number of piperidine rings is 1. The van der Waals surface area contributed by atoms with E-state index in [0.717, 1.165) is 12.8 Å². The summed E-state index contributed by atoms with van der Waals surface area (Å²) in [5.74, 6) is -0.452. The third-order valence-corrected chi connectivity index (χ3v) is 3.79. The number of nitrogens with zero attached hydrogens (tertiary/aromatic N) is 5. The van der Waals surface area contributed by atoms with Crippen molar-refractivity contribution in [3.63, 3.8) is 0 Å². The maximum absolute atomic E-state index is 12.4. The van der Waals surface area contributed by atoms with Gasteiger partial charge in [-0.2, -0.15) is 0 Å². The molecule has 132 valence electrons. The molecule has 0 bridgehead atoms. The molecule has 1 N–H and O–H groups in total. The number of urea groups is 1. The Morgan fingerprint density at radius 3 is 2.83 bits per heavy atom. The lowest BCUT2D eigenvalue weighted by Crippen LogP contribution is -2.44. The molecule has 24 heavy (non-hydrogen) atoms. The van der Waals surface area contributed by atoms with Crippen LogP contribution in [0.1, 0.15) is 12.8 Å². The van der Waals surface area contributed by atoms with Crippen LogP contribution in [0, 0.1) is 5.92 Å². The second kappa shape index (κ2) is 7.75. The van der Waals surface area contributed by atoms with Gasteiger partial charge in [-0.3, -0.25) is 14.9 Å². The molecule has 0 aromatic carbocycles. The Balaban J connectivity index is 1.91. The molecule has 2 heterocycles. The van der Waals surface area contributed by atoms with Crippen LogP contribution >= 0.6 is 0 Å². The Kier molecular flexibility index (Phi) is 5.72. The number of hydrogen-bond acceptors (Lipinski definition) is 6. The van der Waals surface area contributed by atoms with Crippen molar-refractivity contribution in [3.05, 3.63) is 6.20 Å². The number of nitrogens with one attached hydrogen (secondary N) is 1. The van der Waals surface area contributed by atoms with Gasteiger partial charge < -0.3 is 14.5 Å². The molecule has 1 saturated heterocycles. The first-order chi connectivity index (χ1) is 11.4. The molecule has 0 spiro atoms. The number of ether oxygens (including phenoxy) is 1. The number of likely N-dealkylation sites (tertiary alicyclic amines) is 1. The molecular weight excluding hydrogens is 316 g/mol. The molecule has 3 amide bonds. The number of aromatic nitrogens is 3. The van der Waals surface area contributed by atoms with Crippen molar-refractivity contribution in [2.45, 2.75) is 19.4 Å². The second-order valence-corrected chi connectivity index (χ2v) is 5.83. The van der Waals surface area contributed by atoms with Crippen molar-refractivity contribution < 1.29 is 19.1 Å². The van der Waals surface area contributed by atoms with Gasteiger partial charge in [0.05, 0.1) is 19.2 Å². The van der Waals surface area contributed by atoms with E-state index in [1.165, 1.54) is 22.9 Å². The fourth-order valence-corrected chi connectivity index (χ4v) is 2.46. The number of hydrogen-bond donors (Lipinski definition) is 1. The number of carbonyl (C=O) groups is 3. The first-order valence-corrected chi connectivity index (χ1v) is 7.64. The van der Waals surface area contributed by atoms with Crippen LogP contribution in [0.5, 0.6) is 0 Å². The Labute approximate surface area is 139 Å². The fraction of sp³-hybridized carbons (Fsp3) is 0.643. The van der Waals surface area contributed by atoms with E-state index in [1.807, 2.05) is 0 Å². The quantitative estimate of drug-likeness (QED) is 0.760. The average Bonchev–Trinajstić information content (AvgIpc) is 3.00. The number of amides is 3. The van der Waals surface area contributed by atoms with Crippen molar-refractivity contribution in [2.24, 2.45) is 5.92 Å². The van der Waals surface area contributed by atoms with E-state index < -0.39 is 0 Å². The maximum Gasteiger partial charge on any atom is 0.322 e. The van der Waals surface area contributed by atoms with Crippen molar-refractivity contribution in [2.75, 3.05) is 39.6 Å². The van der Waals surface area contributed by atoms with Crippen molar-refractivity contribution in [1.82, 2.24) is 24.8 Å². The summed E-state index contributed by atoms with van der Waals surface area (Å²) in [5.41, 5.74) is 0. The molecule has 0 saturated carbocycles. The van der Waals surface area contributed by atoms with Gasteiger partial charge in [-0.1, -0.05) is 5.21 Å². The van der Waals surface area contributed by atoms with Gasteiger partial charge in [-0.15, -0.1) is 5.10 Å². The van der Waals surface area contributed by atoms with E-state index in [0.29, 0.717) is 13.1 Å². The van der Waals surface area contributed by atoms with Gasteiger partial charge >= 0.3 is 12.0 Å². The van der Waals surface area contributed by atoms with Crippen LogP contribution in [0.2, 0.25) is 0 Å². The normalized spacial score (nSPS) is 17.3. The zero-order valence-electron chi connectivity index (χ0n) is 14.1. The minimum atomic E-state index is -0.328. The summed E-state index contributed by atoms with van der Waals surface area (Å²) < 4.78 is 6.10. The lowest BCUT2D eigenvalue weighted by atomic mass is 9.98. The fourth-order valence-electron chi connectivity index (χ4n) is 2.46. The third-order valence-electron chi connectivity index (χ3n) is 3.79. The highest BCUT2D eigenvalue weighted by Crippen LogP contribution is 2.18. The van der Waals surface area contributed by atoms with Crippen LogP contribution in [-0.4, -0.2) is 77.0 Å². The van der Waals surface area contributed by atoms with E-state index in [1.54, 1.807) is 19.0 Å². The molecule has 0 aliphatic carbocycles. The second-order valence-electron chi connectivity index (χ2n) is 5.83. The summed E-state index contributed by atoms with van der Waals surface area (Å²) in [4.78, 5) is 38.5. The molecular formula is C14H22N6O4. The van der Waals surface area contributed by atoms with E-state index in [2.05, 4.69) is 15.6 Å². The van der Waals surface area contributed by atoms with Gasteiger partial charge in [0.25, 0.3) is 0 Å². The molecule has 1 fully saturated rings. The van der Waals surface area contributed by atoms with Crippen LogP contribution in [0.3, 0.4) is 0 Å². The molecule has 1 aliphatic rings. The Morgan fingerprint density at radius 2 is 2.17 bits per heavy atom. The average molecular weight is 338 g/mol. The van der Waals surface area contributed by atoms with Crippen molar-refractivity contribution in [1.29, 1.82) is 0 Å². The van der Waals surface area contributed by atoms with Crippen LogP contribution in [-0.2, 0) is 20.9 Å². The molecule has 1 unspecified atom stereocenters. The first-order valence-electron chi connectivity index (χ1n) is 7.64. The highest BCUT2D eigenvalue weighted by atomic mass is 16.5. The molecule has 2 rings (SSSR count). The minimum Gasteiger partial charge on any atom is -0.469 e. The van der Waals surface area contributed by atoms with Crippen LogP contribution in [0.4, 0.5) is 10.6 Å². The van der Waals surface area contributed by atoms with Crippen LogP contribution in [0.15, 0.2) is 6.20 Å². The number of anilines is 1. The van der Waals surface area contributed by atoms with Gasteiger partial charge in [0.15, 0.2) is 5.82 Å². The Bertz CT molecular complexity index is 614. The topological polar surface area (TPSA) is 110 Å². The van der Waals surface area contributed by atoms with Gasteiger partial charge in [-0.25, -0.2) is 9.48 Å². The highest BCUT2D eigenvalue weighted by Gasteiger charge is 2.29. The van der Waals surface area contributed by atoms with E-state index in [9.17, 15) is 14.4 Å². The zero-order valence-corrected chi connectivity index (χ0v) is 14.1. The monoisotopic (exact) mass is 338 g/mol. The summed E-state index contributed by atoms with van der Waals surface area (Å²) >= 11 is 0. The van der Waals surface area contributed by atoms with Gasteiger partial charge in [0.1, 0.15) is 6.54 Å². The number of methoxy groups -OCH3 is 1. The lowest BCUT2D eigenvalue weighted by Gasteiger charge is -2.31. The van der Waals surface area contributed by atoms with Gasteiger partial charge in [-0.05, 0) is 12.8 Å². The number of rotatable bonds is 4. The van der Waals surface area contributed by atoms with E-state index in [-0.39, 0.29) is 36.2 Å². The molecule has 0 radical (unpaired) electrons. The van der Waals surface area contributed by atoms with Crippen molar-refractivity contribution >= 4 is 23.7 Å². The summed E-state index contributed by atoms with van der Waals surface area (Å²) in [6.45, 7) is 0.953.